The molecule has 0 heterocycles. The van der Waals surface area contributed by atoms with E-state index in [0.29, 0.717) is 0 Å². The molecule has 0 aromatic heterocycles. The van der Waals surface area contributed by atoms with Gasteiger partial charge in [-0.1, -0.05) is 29.9 Å². The summed E-state index contributed by atoms with van der Waals surface area (Å²) in [5.41, 5.74) is 1.54. The highest BCUT2D eigenvalue weighted by atomic mass is 14.0. The first-order valence-electron chi connectivity index (χ1n) is 3.39. The highest BCUT2D eigenvalue weighted by molar-refractivity contribution is 5.22. The maximum atomic E-state index is 3.67. The van der Waals surface area contributed by atoms with E-state index in [1.807, 2.05) is 6.08 Å². The minimum absolute atomic E-state index is 1.12. The van der Waals surface area contributed by atoms with Crippen LogP contribution in [0.3, 0.4) is 0 Å². The van der Waals surface area contributed by atoms with Crippen LogP contribution in [0.1, 0.15) is 19.3 Å². The lowest BCUT2D eigenvalue weighted by molar-refractivity contribution is 0.953. The minimum atomic E-state index is 1.12. The Hall–Kier alpha value is -0.780. The summed E-state index contributed by atoms with van der Waals surface area (Å²) in [5, 5.41) is 0. The lowest BCUT2D eigenvalue weighted by atomic mass is 10.1. The van der Waals surface area contributed by atoms with E-state index in [0.717, 1.165) is 12.8 Å². The highest BCUT2D eigenvalue weighted by Gasteiger charge is 1.95. The predicted molar refractivity (Wildman–Crippen MR) is 41.3 cm³/mol. The monoisotopic (exact) mass is 120 g/mol. The fraction of sp³-hybridized carbons (Fsp3) is 0.333. The average Bonchev–Trinajstić information content (AvgIpc) is 2.34. The Bertz CT molecular complexity index is 149. The number of allylic oxidation sites excluding steroid dienone is 5. The molecule has 0 nitrogen and oxygen atoms in total. The van der Waals surface area contributed by atoms with Gasteiger partial charge in [-0.05, 0) is 19.3 Å². The van der Waals surface area contributed by atoms with Crippen LogP contribution in [-0.4, -0.2) is 0 Å². The van der Waals surface area contributed by atoms with Crippen molar-refractivity contribution in [2.75, 3.05) is 0 Å². The normalized spacial score (nSPS) is 15.8. The highest BCUT2D eigenvalue weighted by Crippen LogP contribution is 2.15. The fourth-order valence-electron chi connectivity index (χ4n) is 0.964. The molecule has 0 atom stereocenters. The quantitative estimate of drug-likeness (QED) is 0.502. The first-order valence-corrected chi connectivity index (χ1v) is 3.39. The van der Waals surface area contributed by atoms with E-state index in [-0.39, 0.29) is 0 Å². The van der Waals surface area contributed by atoms with Crippen LogP contribution in [-0.2, 0) is 0 Å². The molecule has 0 radical (unpaired) electrons. The fourth-order valence-corrected chi connectivity index (χ4v) is 0.964. The summed E-state index contributed by atoms with van der Waals surface area (Å²) in [6, 6.07) is 0. The van der Waals surface area contributed by atoms with Crippen LogP contribution in [0.2, 0.25) is 0 Å². The standard InChI is InChI=1S/C9H12/c1-2-3-6-9-7-4-5-8-9/h2,4-5,7H,1,3,6,8H2. The topological polar surface area (TPSA) is 0 Å². The summed E-state index contributed by atoms with van der Waals surface area (Å²) < 4.78 is 0. The van der Waals surface area contributed by atoms with Gasteiger partial charge in [-0.15, -0.1) is 6.58 Å². The van der Waals surface area contributed by atoms with E-state index in [4.69, 9.17) is 0 Å². The maximum absolute atomic E-state index is 3.67. The Morgan fingerprint density at radius 3 is 3.11 bits per heavy atom. The molecule has 0 fully saturated rings. The van der Waals surface area contributed by atoms with E-state index < -0.39 is 0 Å². The summed E-state index contributed by atoms with van der Waals surface area (Å²) in [4.78, 5) is 0. The molecule has 0 bridgehead atoms. The number of rotatable bonds is 3. The van der Waals surface area contributed by atoms with Crippen molar-refractivity contribution < 1.29 is 0 Å². The van der Waals surface area contributed by atoms with Gasteiger partial charge in [-0.2, -0.15) is 0 Å². The Morgan fingerprint density at radius 2 is 2.56 bits per heavy atom. The van der Waals surface area contributed by atoms with Crippen molar-refractivity contribution in [2.24, 2.45) is 0 Å². The zero-order valence-electron chi connectivity index (χ0n) is 5.64. The molecule has 0 aliphatic heterocycles. The van der Waals surface area contributed by atoms with Crippen LogP contribution >= 0.6 is 0 Å². The summed E-state index contributed by atoms with van der Waals surface area (Å²) in [7, 11) is 0. The first-order chi connectivity index (χ1) is 4.43. The third-order valence-corrected chi connectivity index (χ3v) is 1.52. The third kappa shape index (κ3) is 1.88. The van der Waals surface area contributed by atoms with Crippen molar-refractivity contribution in [1.29, 1.82) is 0 Å². The second-order valence-corrected chi connectivity index (χ2v) is 2.28. The molecule has 48 valence electrons. The van der Waals surface area contributed by atoms with Crippen molar-refractivity contribution in [2.45, 2.75) is 19.3 Å². The molecule has 0 saturated carbocycles. The van der Waals surface area contributed by atoms with Gasteiger partial charge in [0.2, 0.25) is 0 Å². The smallest absolute Gasteiger partial charge is 0.0132 e. The predicted octanol–water partition coefficient (Wildman–Crippen LogP) is 2.84. The van der Waals surface area contributed by atoms with E-state index in [1.165, 1.54) is 12.0 Å². The Morgan fingerprint density at radius 1 is 1.67 bits per heavy atom. The van der Waals surface area contributed by atoms with Crippen molar-refractivity contribution in [3.05, 3.63) is 36.5 Å². The van der Waals surface area contributed by atoms with Gasteiger partial charge in [0.15, 0.2) is 0 Å². The second kappa shape index (κ2) is 3.29. The van der Waals surface area contributed by atoms with Gasteiger partial charge < -0.3 is 0 Å². The lowest BCUT2D eigenvalue weighted by Gasteiger charge is -1.94. The van der Waals surface area contributed by atoms with Crippen LogP contribution in [0.5, 0.6) is 0 Å². The maximum Gasteiger partial charge on any atom is -0.0132 e. The van der Waals surface area contributed by atoms with Crippen molar-refractivity contribution in [3.8, 4) is 0 Å². The average molecular weight is 120 g/mol. The third-order valence-electron chi connectivity index (χ3n) is 1.52. The second-order valence-electron chi connectivity index (χ2n) is 2.28. The van der Waals surface area contributed by atoms with E-state index in [1.54, 1.807) is 0 Å². The molecule has 0 N–H and O–H groups in total. The van der Waals surface area contributed by atoms with Gasteiger partial charge in [0.25, 0.3) is 0 Å². The molecule has 0 amide bonds. The molecule has 0 saturated heterocycles. The Kier molecular flexibility index (Phi) is 2.32. The lowest BCUT2D eigenvalue weighted by Crippen LogP contribution is -1.75. The molecular weight excluding hydrogens is 108 g/mol. The van der Waals surface area contributed by atoms with Gasteiger partial charge >= 0.3 is 0 Å². The number of hydrogen-bond acceptors (Lipinski definition) is 0. The van der Waals surface area contributed by atoms with Crippen molar-refractivity contribution in [1.82, 2.24) is 0 Å². The van der Waals surface area contributed by atoms with Gasteiger partial charge in [0.1, 0.15) is 0 Å². The molecule has 1 aliphatic carbocycles. The molecule has 1 rings (SSSR count). The van der Waals surface area contributed by atoms with Crippen LogP contribution in [0.15, 0.2) is 36.5 Å². The summed E-state index contributed by atoms with van der Waals surface area (Å²) in [5.74, 6) is 0. The first kappa shape index (κ1) is 6.34. The van der Waals surface area contributed by atoms with E-state index in [2.05, 4.69) is 24.8 Å². The SMILES string of the molecule is C=CCCC1=CC=CC1. The van der Waals surface area contributed by atoms with Crippen LogP contribution in [0.4, 0.5) is 0 Å². The zero-order valence-corrected chi connectivity index (χ0v) is 5.64. The zero-order chi connectivity index (χ0) is 6.53. The molecule has 9 heavy (non-hydrogen) atoms. The van der Waals surface area contributed by atoms with Crippen molar-refractivity contribution >= 4 is 0 Å². The van der Waals surface area contributed by atoms with E-state index in [9.17, 15) is 0 Å². The van der Waals surface area contributed by atoms with Crippen LogP contribution in [0, 0.1) is 0 Å². The molecule has 0 heteroatoms. The molecule has 0 spiro atoms. The molecule has 0 aromatic carbocycles. The van der Waals surface area contributed by atoms with Gasteiger partial charge in [-0.25, -0.2) is 0 Å². The van der Waals surface area contributed by atoms with E-state index >= 15 is 0 Å². The van der Waals surface area contributed by atoms with Gasteiger partial charge in [0.05, 0.1) is 0 Å². The van der Waals surface area contributed by atoms with Crippen LogP contribution in [0.25, 0.3) is 0 Å². The van der Waals surface area contributed by atoms with Crippen LogP contribution < -0.4 is 0 Å². The summed E-state index contributed by atoms with van der Waals surface area (Å²) in [6.07, 6.45) is 12.0. The molecule has 1 aliphatic rings. The van der Waals surface area contributed by atoms with Crippen molar-refractivity contribution in [3.63, 3.8) is 0 Å². The Balaban J connectivity index is 2.21. The molecular formula is C9H12. The largest absolute Gasteiger partial charge is 0.103 e. The molecule has 0 aromatic rings. The minimum Gasteiger partial charge on any atom is -0.103 e. The molecule has 0 unspecified atom stereocenters. The summed E-state index contributed by atoms with van der Waals surface area (Å²) in [6.45, 7) is 3.67. The number of hydrogen-bond donors (Lipinski definition) is 0. The van der Waals surface area contributed by atoms with Gasteiger partial charge in [0, 0.05) is 0 Å². The summed E-state index contributed by atoms with van der Waals surface area (Å²) >= 11 is 0. The Labute approximate surface area is 56.6 Å². The van der Waals surface area contributed by atoms with Gasteiger partial charge in [-0.3, -0.25) is 0 Å².